The molecule has 244 valence electrons. The van der Waals surface area contributed by atoms with Crippen LogP contribution in [0.25, 0.3) is 0 Å². The fourth-order valence-corrected chi connectivity index (χ4v) is 8.38. The van der Waals surface area contributed by atoms with Crippen molar-refractivity contribution >= 4 is 43.9 Å². The summed E-state index contributed by atoms with van der Waals surface area (Å²) in [6, 6.07) is 7.03. The van der Waals surface area contributed by atoms with E-state index in [1.807, 2.05) is 0 Å². The summed E-state index contributed by atoms with van der Waals surface area (Å²) in [4.78, 5) is 53.3. The van der Waals surface area contributed by atoms with Crippen LogP contribution in [0.1, 0.15) is 0 Å². The van der Waals surface area contributed by atoms with E-state index in [4.69, 9.17) is 27.5 Å². The van der Waals surface area contributed by atoms with Crippen LogP contribution in [0.3, 0.4) is 0 Å². The third kappa shape index (κ3) is 4.62. The standard InChI is InChI=1S/C28H26N2O14S2/c1-39-17-9-5-13(11-19(17)41-3)45(35,36)43-29-25(31)21-15-7-8-16(22(21)26(29)32)24-23(15)27(33)30(28(24)34)44-46(37,38)14-6-10-18(40-2)20(12-14)42-4/h5-12,15-16,21-24H,1-4H3. The summed E-state index contributed by atoms with van der Waals surface area (Å²) in [7, 11) is -4.23. The highest BCUT2D eigenvalue weighted by molar-refractivity contribution is 7.87. The number of hydroxylamine groups is 4. The van der Waals surface area contributed by atoms with E-state index in [0.717, 1.165) is 24.3 Å². The summed E-state index contributed by atoms with van der Waals surface area (Å²) in [5.74, 6) is -10.8. The zero-order chi connectivity index (χ0) is 33.3. The van der Waals surface area contributed by atoms with E-state index in [1.165, 1.54) is 52.7 Å². The summed E-state index contributed by atoms with van der Waals surface area (Å²) >= 11 is 0. The average Bonchev–Trinajstić information content (AvgIpc) is 3.46. The van der Waals surface area contributed by atoms with Gasteiger partial charge in [-0.05, 0) is 24.3 Å². The Morgan fingerprint density at radius 3 is 1.09 bits per heavy atom. The van der Waals surface area contributed by atoms with Crippen molar-refractivity contribution in [2.24, 2.45) is 35.5 Å². The SMILES string of the molecule is COc1ccc(S(=O)(=O)ON2C(=O)C3C4C=CC(C3C2=O)C2C(=O)N(OS(=O)(=O)c3ccc(OC)c(OC)c3)C(=O)C42)cc1OC. The lowest BCUT2D eigenvalue weighted by molar-refractivity contribution is -0.166. The maximum Gasteiger partial charge on any atom is 0.318 e. The second-order valence-electron chi connectivity index (χ2n) is 10.7. The van der Waals surface area contributed by atoms with Crippen molar-refractivity contribution in [2.45, 2.75) is 9.79 Å². The molecule has 18 heteroatoms. The van der Waals surface area contributed by atoms with Gasteiger partial charge in [-0.1, -0.05) is 12.2 Å². The molecule has 0 radical (unpaired) electrons. The van der Waals surface area contributed by atoms with Gasteiger partial charge in [0.2, 0.25) is 0 Å². The van der Waals surface area contributed by atoms with E-state index < -0.39 is 89.2 Å². The quantitative estimate of drug-likeness (QED) is 0.251. The Bertz CT molecular complexity index is 1740. The number of nitrogens with zero attached hydrogens (tertiary/aromatic N) is 2. The van der Waals surface area contributed by atoms with Crippen LogP contribution in [0.4, 0.5) is 0 Å². The Hall–Kier alpha value is -4.52. The van der Waals surface area contributed by atoms with Gasteiger partial charge >= 0.3 is 20.2 Å². The molecular weight excluding hydrogens is 652 g/mol. The second kappa shape index (κ2) is 11.1. The van der Waals surface area contributed by atoms with Gasteiger partial charge in [0.1, 0.15) is 0 Å². The van der Waals surface area contributed by atoms with E-state index >= 15 is 0 Å². The Kier molecular flexibility index (Phi) is 7.57. The third-order valence-corrected chi connectivity index (χ3v) is 10.9. The molecule has 2 saturated heterocycles. The van der Waals surface area contributed by atoms with Gasteiger partial charge in [0.05, 0.1) is 61.9 Å². The summed E-state index contributed by atoms with van der Waals surface area (Å²) in [5.41, 5.74) is 0. The van der Waals surface area contributed by atoms with E-state index in [-0.39, 0.29) is 33.1 Å². The first-order chi connectivity index (χ1) is 21.8. The van der Waals surface area contributed by atoms with Crippen molar-refractivity contribution in [3.8, 4) is 23.0 Å². The molecule has 3 aliphatic carbocycles. The van der Waals surface area contributed by atoms with Gasteiger partial charge in [-0.3, -0.25) is 19.2 Å². The highest BCUT2D eigenvalue weighted by atomic mass is 32.2. The predicted octanol–water partition coefficient (Wildman–Crippen LogP) is 0.680. The number of amides is 4. The minimum absolute atomic E-state index is 0.0481. The molecule has 2 aliphatic heterocycles. The Balaban J connectivity index is 1.25. The number of ether oxygens (including phenoxy) is 4. The van der Waals surface area contributed by atoms with Crippen LogP contribution in [-0.2, 0) is 48.0 Å². The van der Waals surface area contributed by atoms with E-state index in [9.17, 15) is 36.0 Å². The van der Waals surface area contributed by atoms with Gasteiger partial charge < -0.3 is 18.9 Å². The number of carbonyl (C=O) groups is 4. The lowest BCUT2D eigenvalue weighted by atomic mass is 9.54. The first-order valence-corrected chi connectivity index (χ1v) is 16.4. The van der Waals surface area contributed by atoms with Gasteiger partial charge in [-0.25, -0.2) is 0 Å². The molecule has 7 rings (SSSR count). The van der Waals surface area contributed by atoms with Crippen LogP contribution in [0.2, 0.25) is 0 Å². The van der Waals surface area contributed by atoms with Crippen molar-refractivity contribution in [2.75, 3.05) is 28.4 Å². The molecule has 1 saturated carbocycles. The van der Waals surface area contributed by atoms with Gasteiger partial charge in [0, 0.05) is 24.0 Å². The monoisotopic (exact) mass is 678 g/mol. The predicted molar refractivity (Wildman–Crippen MR) is 149 cm³/mol. The summed E-state index contributed by atoms with van der Waals surface area (Å²) in [5, 5.41) is 0.278. The third-order valence-electron chi connectivity index (χ3n) is 8.56. The smallest absolute Gasteiger partial charge is 0.318 e. The molecule has 2 aromatic carbocycles. The Morgan fingerprint density at radius 2 is 0.804 bits per heavy atom. The Labute approximate surface area is 262 Å². The minimum atomic E-state index is -4.75. The molecular formula is C28H26N2O14S2. The summed E-state index contributed by atoms with van der Waals surface area (Å²) < 4.78 is 82.9. The number of methoxy groups -OCH3 is 4. The van der Waals surface area contributed by atoms with Crippen LogP contribution >= 0.6 is 0 Å². The zero-order valence-corrected chi connectivity index (χ0v) is 26.1. The summed E-state index contributed by atoms with van der Waals surface area (Å²) in [6.45, 7) is 0. The Morgan fingerprint density at radius 1 is 0.500 bits per heavy atom. The molecule has 46 heavy (non-hydrogen) atoms. The lowest BCUT2D eigenvalue weighted by Crippen LogP contribution is -2.50. The molecule has 0 spiro atoms. The molecule has 2 heterocycles. The van der Waals surface area contributed by atoms with Crippen LogP contribution < -0.4 is 18.9 Å². The number of hydrogen-bond acceptors (Lipinski definition) is 14. The molecule has 4 amide bonds. The lowest BCUT2D eigenvalue weighted by Gasteiger charge is -2.44. The van der Waals surface area contributed by atoms with Crippen molar-refractivity contribution < 1.29 is 63.5 Å². The molecule has 2 aromatic rings. The average molecular weight is 679 g/mol. The summed E-state index contributed by atoms with van der Waals surface area (Å²) in [6.07, 6.45) is 2.98. The molecule has 4 atom stereocenters. The van der Waals surface area contributed by atoms with Crippen molar-refractivity contribution in [1.29, 1.82) is 0 Å². The normalized spacial score (nSPS) is 26.8. The topological polar surface area (TPSA) is 198 Å². The number of allylic oxidation sites excluding steroid dienone is 2. The van der Waals surface area contributed by atoms with Gasteiger partial charge in [0.15, 0.2) is 23.0 Å². The molecule has 0 aromatic heterocycles. The van der Waals surface area contributed by atoms with Crippen molar-refractivity contribution in [3.63, 3.8) is 0 Å². The van der Waals surface area contributed by atoms with Crippen LogP contribution in [0.15, 0.2) is 58.3 Å². The minimum Gasteiger partial charge on any atom is -0.493 e. The molecule has 3 fully saturated rings. The maximum absolute atomic E-state index is 13.5. The highest BCUT2D eigenvalue weighted by Crippen LogP contribution is 2.58. The van der Waals surface area contributed by atoms with E-state index in [1.54, 1.807) is 0 Å². The van der Waals surface area contributed by atoms with E-state index in [2.05, 4.69) is 0 Å². The maximum atomic E-state index is 13.5. The second-order valence-corrected chi connectivity index (χ2v) is 13.7. The molecule has 5 aliphatic rings. The highest BCUT2D eigenvalue weighted by Gasteiger charge is 2.70. The largest absolute Gasteiger partial charge is 0.493 e. The van der Waals surface area contributed by atoms with Crippen LogP contribution in [0, 0.1) is 35.5 Å². The fraction of sp³-hybridized carbons (Fsp3) is 0.357. The van der Waals surface area contributed by atoms with Crippen molar-refractivity contribution in [1.82, 2.24) is 10.1 Å². The number of imide groups is 2. The molecule has 0 N–H and O–H groups in total. The molecule has 16 nitrogen and oxygen atoms in total. The number of hydrogen-bond donors (Lipinski definition) is 0. The first kappa shape index (κ1) is 31.5. The van der Waals surface area contributed by atoms with E-state index in [0.29, 0.717) is 0 Å². The number of benzene rings is 2. The number of carbonyl (C=O) groups excluding carboxylic acids is 4. The van der Waals surface area contributed by atoms with Gasteiger partial charge in [0.25, 0.3) is 23.6 Å². The first-order valence-electron chi connectivity index (χ1n) is 13.6. The zero-order valence-electron chi connectivity index (χ0n) is 24.5. The van der Waals surface area contributed by atoms with Crippen LogP contribution in [-0.4, -0.2) is 79.0 Å². The van der Waals surface area contributed by atoms with Gasteiger partial charge in [-0.15, -0.1) is 18.7 Å². The van der Waals surface area contributed by atoms with Gasteiger partial charge in [-0.2, -0.15) is 16.8 Å². The fourth-order valence-electron chi connectivity index (χ4n) is 6.54. The molecule has 2 bridgehead atoms. The van der Waals surface area contributed by atoms with Crippen LogP contribution in [0.5, 0.6) is 23.0 Å². The van der Waals surface area contributed by atoms with Crippen molar-refractivity contribution in [3.05, 3.63) is 48.6 Å². The molecule has 4 unspecified atom stereocenters. The number of rotatable bonds is 10.